The van der Waals surface area contributed by atoms with Crippen LogP contribution < -0.4 is 15.2 Å². The normalized spacial score (nSPS) is 10.7. The van der Waals surface area contributed by atoms with E-state index < -0.39 is 47.0 Å². The van der Waals surface area contributed by atoms with Crippen molar-refractivity contribution in [3.63, 3.8) is 0 Å². The van der Waals surface area contributed by atoms with Crippen LogP contribution in [-0.2, 0) is 14.5 Å². The van der Waals surface area contributed by atoms with Gasteiger partial charge in [0.15, 0.2) is 0 Å². The number of azide groups is 1. The summed E-state index contributed by atoms with van der Waals surface area (Å²) in [5, 5.41) is 21.7. The van der Waals surface area contributed by atoms with Crippen molar-refractivity contribution in [3.8, 4) is 11.5 Å². The molecule has 1 unspecified atom stereocenters. The van der Waals surface area contributed by atoms with Crippen molar-refractivity contribution < 1.29 is 38.9 Å². The maximum atomic E-state index is 12.7. The van der Waals surface area contributed by atoms with Gasteiger partial charge in [0.1, 0.15) is 34.8 Å². The Morgan fingerprint density at radius 2 is 1.80 bits per heavy atom. The quantitative estimate of drug-likeness (QED) is 0.0639. The lowest BCUT2D eigenvalue weighted by atomic mass is 10.1. The highest BCUT2D eigenvalue weighted by molar-refractivity contribution is 7.80. The van der Waals surface area contributed by atoms with Crippen molar-refractivity contribution in [1.29, 1.82) is 0 Å². The van der Waals surface area contributed by atoms with E-state index >= 15 is 0 Å². The van der Waals surface area contributed by atoms with Crippen molar-refractivity contribution >= 4 is 34.8 Å². The molecule has 0 spiro atoms. The molecule has 0 saturated carbocycles. The average molecular weight is 506 g/mol. The fourth-order valence-electron chi connectivity index (χ4n) is 2.47. The number of nitrogens with zero attached hydrogens (tertiary/aromatic N) is 5. The Bertz CT molecular complexity index is 1200. The van der Waals surface area contributed by atoms with Crippen LogP contribution in [0.25, 0.3) is 10.4 Å². The van der Waals surface area contributed by atoms with Crippen LogP contribution in [-0.4, -0.2) is 39.8 Å². The summed E-state index contributed by atoms with van der Waals surface area (Å²) in [5.74, 6) is -2.47. The van der Waals surface area contributed by atoms with Crippen LogP contribution in [0.1, 0.15) is 22.3 Å². The minimum atomic E-state index is -1.69. The van der Waals surface area contributed by atoms with E-state index in [1.807, 2.05) is 0 Å². The first kappa shape index (κ1) is 26.2. The van der Waals surface area contributed by atoms with Crippen LogP contribution in [0.3, 0.4) is 0 Å². The van der Waals surface area contributed by atoms with Crippen LogP contribution in [0.2, 0.25) is 0 Å². The third-order valence-corrected chi connectivity index (χ3v) is 4.15. The number of hydrogen-bond donors (Lipinski definition) is 1. The SMILES string of the molecule is [N-]=[N+]=Nc1ccc(C(=O)Oc2ccc(C(N)=S)cc2)c(OC(=O)CC(CO[N+](=O)[O-])O[N+](=O)[O-])c1. The summed E-state index contributed by atoms with van der Waals surface area (Å²) in [5.41, 5.74) is 14.3. The molecule has 2 aromatic carbocycles. The number of nitrogens with two attached hydrogens (primary N) is 1. The molecule has 182 valence electrons. The van der Waals surface area contributed by atoms with E-state index in [4.69, 9.17) is 33.0 Å². The number of hydrogen-bond acceptors (Lipinski definition) is 12. The van der Waals surface area contributed by atoms with E-state index in [2.05, 4.69) is 19.7 Å². The van der Waals surface area contributed by atoms with Crippen molar-refractivity contribution in [2.45, 2.75) is 12.5 Å². The van der Waals surface area contributed by atoms with Gasteiger partial charge in [-0.05, 0) is 41.9 Å². The van der Waals surface area contributed by atoms with Gasteiger partial charge in [-0.15, -0.1) is 20.2 Å². The van der Waals surface area contributed by atoms with E-state index in [1.54, 1.807) is 0 Å². The second-order valence-electron chi connectivity index (χ2n) is 6.30. The number of esters is 2. The zero-order valence-electron chi connectivity index (χ0n) is 17.3. The maximum Gasteiger partial charge on any atom is 0.347 e. The van der Waals surface area contributed by atoms with Crippen molar-refractivity contribution in [1.82, 2.24) is 0 Å². The molecule has 16 nitrogen and oxygen atoms in total. The molecule has 2 aromatic rings. The van der Waals surface area contributed by atoms with Crippen molar-refractivity contribution in [2.75, 3.05) is 6.61 Å². The van der Waals surface area contributed by atoms with Crippen LogP contribution in [0.5, 0.6) is 11.5 Å². The number of benzene rings is 2. The summed E-state index contributed by atoms with van der Waals surface area (Å²) < 4.78 is 10.3. The van der Waals surface area contributed by atoms with Crippen LogP contribution in [0, 0.1) is 20.2 Å². The molecule has 0 fully saturated rings. The first-order chi connectivity index (χ1) is 16.6. The molecule has 2 N–H and O–H groups in total. The lowest BCUT2D eigenvalue weighted by Crippen LogP contribution is -2.29. The Labute approximate surface area is 200 Å². The Kier molecular flexibility index (Phi) is 9.21. The molecule has 35 heavy (non-hydrogen) atoms. The van der Waals surface area contributed by atoms with Gasteiger partial charge in [0.25, 0.3) is 10.2 Å². The highest BCUT2D eigenvalue weighted by atomic mass is 32.1. The Morgan fingerprint density at radius 3 is 2.37 bits per heavy atom. The third kappa shape index (κ3) is 8.44. The average Bonchev–Trinajstić information content (AvgIpc) is 2.77. The largest absolute Gasteiger partial charge is 0.426 e. The molecule has 0 aliphatic heterocycles. The summed E-state index contributed by atoms with van der Waals surface area (Å²) in [6.07, 6.45) is -2.55. The fourth-order valence-corrected chi connectivity index (χ4v) is 2.61. The van der Waals surface area contributed by atoms with Gasteiger partial charge in [-0.25, -0.2) is 4.79 Å². The third-order valence-electron chi connectivity index (χ3n) is 3.91. The number of rotatable bonds is 12. The minimum Gasteiger partial charge on any atom is -0.426 e. The zero-order valence-corrected chi connectivity index (χ0v) is 18.2. The van der Waals surface area contributed by atoms with Gasteiger partial charge < -0.3 is 24.9 Å². The summed E-state index contributed by atoms with van der Waals surface area (Å²) in [6, 6.07) is 9.30. The smallest absolute Gasteiger partial charge is 0.347 e. The summed E-state index contributed by atoms with van der Waals surface area (Å²) in [4.78, 5) is 56.8. The predicted molar refractivity (Wildman–Crippen MR) is 118 cm³/mol. The zero-order chi connectivity index (χ0) is 26.0. The molecule has 0 aromatic heterocycles. The predicted octanol–water partition coefficient (Wildman–Crippen LogP) is 2.56. The monoisotopic (exact) mass is 506 g/mol. The molecule has 0 amide bonds. The fraction of sp³-hybridized carbons (Fsp3) is 0.167. The molecule has 17 heteroatoms. The summed E-state index contributed by atoms with van der Waals surface area (Å²) >= 11 is 4.84. The van der Waals surface area contributed by atoms with E-state index in [-0.39, 0.29) is 22.0 Å². The Balaban J connectivity index is 2.24. The topological polar surface area (TPSA) is 232 Å². The van der Waals surface area contributed by atoms with Gasteiger partial charge >= 0.3 is 11.9 Å². The van der Waals surface area contributed by atoms with Gasteiger partial charge in [0.05, 0.1) is 6.42 Å². The van der Waals surface area contributed by atoms with E-state index in [0.29, 0.717) is 5.56 Å². The van der Waals surface area contributed by atoms with E-state index in [0.717, 1.165) is 12.1 Å². The second-order valence-corrected chi connectivity index (χ2v) is 6.74. The number of ether oxygens (including phenoxy) is 2. The van der Waals surface area contributed by atoms with Gasteiger partial charge in [-0.1, -0.05) is 23.4 Å². The lowest BCUT2D eigenvalue weighted by molar-refractivity contribution is -0.789. The van der Waals surface area contributed by atoms with Gasteiger partial charge in [0, 0.05) is 16.2 Å². The molecular formula is C18H14N6O10S. The van der Waals surface area contributed by atoms with E-state index in [9.17, 15) is 29.8 Å². The molecule has 0 aliphatic carbocycles. The summed E-state index contributed by atoms with van der Waals surface area (Å²) in [6.45, 7) is -0.945. The van der Waals surface area contributed by atoms with Crippen LogP contribution >= 0.6 is 12.2 Å². The standard InChI is InChI=1S/C18H14N6O10S/c19-17(35)10-1-4-12(5-2-10)32-18(26)14-6-3-11(21-22-20)7-15(14)33-16(25)8-13(34-24(29)30)9-31-23(27)28/h1-7,13H,8-9H2,(H2,19,35). The molecular weight excluding hydrogens is 492 g/mol. The van der Waals surface area contributed by atoms with Gasteiger partial charge in [-0.2, -0.15) is 0 Å². The molecule has 0 heterocycles. The van der Waals surface area contributed by atoms with Gasteiger partial charge in [0.2, 0.25) is 0 Å². The number of thiocarbonyl (C=S) groups is 1. The number of carbonyl (C=O) groups excluding carboxylic acids is 2. The number of carbonyl (C=O) groups is 2. The van der Waals surface area contributed by atoms with Gasteiger partial charge in [-0.3, -0.25) is 4.79 Å². The Hall–Kier alpha value is -5.02. The summed E-state index contributed by atoms with van der Waals surface area (Å²) in [7, 11) is 0. The highest BCUT2D eigenvalue weighted by Gasteiger charge is 2.24. The minimum absolute atomic E-state index is 0.0394. The highest BCUT2D eigenvalue weighted by Crippen LogP contribution is 2.27. The van der Waals surface area contributed by atoms with Crippen molar-refractivity contribution in [3.05, 3.63) is 84.3 Å². The molecule has 0 saturated heterocycles. The lowest BCUT2D eigenvalue weighted by Gasteiger charge is -2.14. The second kappa shape index (κ2) is 12.3. The molecule has 0 aliphatic rings. The van der Waals surface area contributed by atoms with Crippen LogP contribution in [0.15, 0.2) is 47.6 Å². The molecule has 1 atom stereocenters. The first-order valence-electron chi connectivity index (χ1n) is 9.19. The molecule has 2 rings (SSSR count). The molecule has 0 radical (unpaired) electrons. The Morgan fingerprint density at radius 1 is 1.11 bits per heavy atom. The molecule has 0 bridgehead atoms. The van der Waals surface area contributed by atoms with Crippen LogP contribution in [0.4, 0.5) is 5.69 Å². The van der Waals surface area contributed by atoms with E-state index in [1.165, 1.54) is 30.3 Å². The van der Waals surface area contributed by atoms with Crippen molar-refractivity contribution in [2.24, 2.45) is 10.8 Å². The first-order valence-corrected chi connectivity index (χ1v) is 9.60. The maximum absolute atomic E-state index is 12.7.